The Bertz CT molecular complexity index is 752. The molecule has 124 valence electrons. The summed E-state index contributed by atoms with van der Waals surface area (Å²) in [7, 11) is -1.83. The van der Waals surface area contributed by atoms with Crippen LogP contribution < -0.4 is 5.73 Å². The molecule has 2 rings (SSSR count). The van der Waals surface area contributed by atoms with Crippen LogP contribution in [0.25, 0.3) is 10.9 Å². The monoisotopic (exact) mass is 330 g/mol. The van der Waals surface area contributed by atoms with Gasteiger partial charge >= 0.3 is 0 Å². The lowest BCUT2D eigenvalue weighted by molar-refractivity contribution is 0.176. The highest BCUT2D eigenvalue weighted by molar-refractivity contribution is 6.74. The number of nitrogens with zero attached hydrogens (tertiary/aromatic N) is 3. The summed E-state index contributed by atoms with van der Waals surface area (Å²) < 4.78 is 8.24. The van der Waals surface area contributed by atoms with E-state index in [1.807, 2.05) is 16.8 Å². The van der Waals surface area contributed by atoms with Crippen LogP contribution in [-0.2, 0) is 11.0 Å². The van der Waals surface area contributed by atoms with Crippen molar-refractivity contribution >= 4 is 24.9 Å². The molecule has 0 amide bonds. The van der Waals surface area contributed by atoms with Crippen LogP contribution in [0.4, 0.5) is 5.69 Å². The van der Waals surface area contributed by atoms with Gasteiger partial charge in [0.25, 0.3) is 0 Å². The summed E-state index contributed by atoms with van der Waals surface area (Å²) >= 11 is 0. The molecule has 1 unspecified atom stereocenters. The summed E-state index contributed by atoms with van der Waals surface area (Å²) in [4.78, 5) is 0. The summed E-state index contributed by atoms with van der Waals surface area (Å²) in [6, 6.07) is 7.69. The van der Waals surface area contributed by atoms with Crippen molar-refractivity contribution in [3.05, 3.63) is 23.9 Å². The van der Waals surface area contributed by atoms with Gasteiger partial charge in [-0.05, 0) is 43.3 Å². The molecule has 0 saturated carbocycles. The molecule has 5 nitrogen and oxygen atoms in total. The van der Waals surface area contributed by atoms with Crippen molar-refractivity contribution in [3.63, 3.8) is 0 Å². The van der Waals surface area contributed by atoms with Gasteiger partial charge in [0.2, 0.25) is 0 Å². The van der Waals surface area contributed by atoms with Crippen molar-refractivity contribution in [1.29, 1.82) is 5.26 Å². The zero-order valence-electron chi connectivity index (χ0n) is 14.8. The molecule has 0 radical (unpaired) electrons. The van der Waals surface area contributed by atoms with E-state index < -0.39 is 8.32 Å². The van der Waals surface area contributed by atoms with Crippen molar-refractivity contribution in [2.45, 2.75) is 58.5 Å². The highest BCUT2D eigenvalue weighted by atomic mass is 28.4. The zero-order valence-corrected chi connectivity index (χ0v) is 15.8. The maximum Gasteiger partial charge on any atom is 0.192 e. The van der Waals surface area contributed by atoms with E-state index >= 15 is 0 Å². The van der Waals surface area contributed by atoms with Gasteiger partial charge in [-0.2, -0.15) is 10.4 Å². The maximum atomic E-state index is 9.28. The third-order valence-electron chi connectivity index (χ3n) is 4.61. The number of aromatic nitrogens is 2. The van der Waals surface area contributed by atoms with Gasteiger partial charge < -0.3 is 10.2 Å². The van der Waals surface area contributed by atoms with Crippen LogP contribution in [0.15, 0.2) is 18.2 Å². The number of hydrogen-bond donors (Lipinski definition) is 1. The first-order valence-electron chi connectivity index (χ1n) is 7.89. The minimum absolute atomic E-state index is 0.0306. The Morgan fingerprint density at radius 2 is 2.04 bits per heavy atom. The molecule has 0 aliphatic carbocycles. The fourth-order valence-electron chi connectivity index (χ4n) is 2.38. The Morgan fingerprint density at radius 1 is 1.39 bits per heavy atom. The molecule has 0 fully saturated rings. The SMILES string of the molecule is CC(Cn1nc(C#N)c2cc(N)ccc21)O[Si](C)(C)C(C)(C)C. The van der Waals surface area contributed by atoms with Crippen LogP contribution in [0, 0.1) is 11.3 Å². The van der Waals surface area contributed by atoms with Gasteiger partial charge in [-0.1, -0.05) is 20.8 Å². The highest BCUT2D eigenvalue weighted by Gasteiger charge is 2.38. The number of fused-ring (bicyclic) bond motifs is 1. The molecule has 1 aromatic carbocycles. The number of rotatable bonds is 4. The average Bonchev–Trinajstić information content (AvgIpc) is 2.74. The molecule has 2 N–H and O–H groups in total. The number of benzene rings is 1. The Balaban J connectivity index is 2.27. The third kappa shape index (κ3) is 3.57. The molecule has 1 atom stereocenters. The lowest BCUT2D eigenvalue weighted by atomic mass is 10.2. The van der Waals surface area contributed by atoms with E-state index in [1.165, 1.54) is 0 Å². The van der Waals surface area contributed by atoms with Crippen molar-refractivity contribution in [1.82, 2.24) is 9.78 Å². The van der Waals surface area contributed by atoms with Crippen LogP contribution >= 0.6 is 0 Å². The first-order chi connectivity index (χ1) is 10.5. The van der Waals surface area contributed by atoms with Gasteiger partial charge in [0.05, 0.1) is 18.2 Å². The van der Waals surface area contributed by atoms with E-state index in [-0.39, 0.29) is 11.1 Å². The molecule has 0 spiro atoms. The van der Waals surface area contributed by atoms with Crippen LogP contribution in [0.3, 0.4) is 0 Å². The quantitative estimate of drug-likeness (QED) is 0.681. The predicted octanol–water partition coefficient (Wildman–Crippen LogP) is 3.90. The summed E-state index contributed by atoms with van der Waals surface area (Å²) in [6.45, 7) is 13.9. The smallest absolute Gasteiger partial charge is 0.192 e. The second-order valence-corrected chi connectivity index (χ2v) is 12.4. The van der Waals surface area contributed by atoms with E-state index in [0.717, 1.165) is 10.9 Å². The minimum Gasteiger partial charge on any atom is -0.412 e. The fraction of sp³-hybridized carbons (Fsp3) is 0.529. The van der Waals surface area contributed by atoms with Crippen molar-refractivity contribution in [3.8, 4) is 6.07 Å². The van der Waals surface area contributed by atoms with Gasteiger partial charge in [0.1, 0.15) is 6.07 Å². The Hall–Kier alpha value is -1.84. The Labute approximate surface area is 139 Å². The molecule has 6 heteroatoms. The first kappa shape index (κ1) is 17.5. The molecule has 2 aromatic rings. The Kier molecular flexibility index (Phi) is 4.56. The first-order valence-corrected chi connectivity index (χ1v) is 10.8. The van der Waals surface area contributed by atoms with E-state index in [2.05, 4.69) is 52.0 Å². The second kappa shape index (κ2) is 5.98. The summed E-state index contributed by atoms with van der Waals surface area (Å²) in [5, 5.41) is 14.7. The normalized spacial score (nSPS) is 14.0. The van der Waals surface area contributed by atoms with Crippen LogP contribution in [0.5, 0.6) is 0 Å². The van der Waals surface area contributed by atoms with E-state index in [1.54, 1.807) is 6.07 Å². The third-order valence-corrected chi connectivity index (χ3v) is 9.22. The molecule has 0 saturated heterocycles. The number of nitrogen functional groups attached to an aromatic ring is 1. The molecular formula is C17H26N4OSi. The molecule has 1 aromatic heterocycles. The summed E-state index contributed by atoms with van der Waals surface area (Å²) in [6.07, 6.45) is 0.0306. The lowest BCUT2D eigenvalue weighted by Gasteiger charge is -2.38. The molecular weight excluding hydrogens is 304 g/mol. The zero-order chi connectivity index (χ0) is 17.4. The number of hydrogen-bond acceptors (Lipinski definition) is 4. The predicted molar refractivity (Wildman–Crippen MR) is 96.6 cm³/mol. The molecule has 0 aliphatic rings. The number of nitriles is 1. The van der Waals surface area contributed by atoms with Gasteiger partial charge in [-0.15, -0.1) is 0 Å². The van der Waals surface area contributed by atoms with Crippen LogP contribution in [-0.4, -0.2) is 24.2 Å². The topological polar surface area (TPSA) is 76.9 Å². The van der Waals surface area contributed by atoms with Crippen LogP contribution in [0.1, 0.15) is 33.4 Å². The molecule has 0 aliphatic heterocycles. The molecule has 23 heavy (non-hydrogen) atoms. The molecule has 0 bridgehead atoms. The average molecular weight is 331 g/mol. The Morgan fingerprint density at radius 3 is 2.61 bits per heavy atom. The van der Waals surface area contributed by atoms with Gasteiger partial charge in [-0.25, -0.2) is 0 Å². The molecule has 1 heterocycles. The van der Waals surface area contributed by atoms with E-state index in [9.17, 15) is 5.26 Å². The standard InChI is InChI=1S/C17H26N4OSi/c1-12(22-23(5,6)17(2,3)4)11-21-16-8-7-13(19)9-14(16)15(10-18)20-21/h7-9,12H,11,19H2,1-6H3. The van der Waals surface area contributed by atoms with Crippen LogP contribution in [0.2, 0.25) is 18.1 Å². The highest BCUT2D eigenvalue weighted by Crippen LogP contribution is 2.37. The largest absolute Gasteiger partial charge is 0.412 e. The van der Waals surface area contributed by atoms with Crippen molar-refractivity contribution < 1.29 is 4.43 Å². The number of nitrogens with two attached hydrogens (primary N) is 1. The second-order valence-electron chi connectivity index (χ2n) is 7.61. The van der Waals surface area contributed by atoms with E-state index in [4.69, 9.17) is 10.2 Å². The summed E-state index contributed by atoms with van der Waals surface area (Å²) in [5.41, 5.74) is 7.79. The van der Waals surface area contributed by atoms with Gasteiger partial charge in [-0.3, -0.25) is 4.68 Å². The summed E-state index contributed by atoms with van der Waals surface area (Å²) in [5.74, 6) is 0. The lowest BCUT2D eigenvalue weighted by Crippen LogP contribution is -2.44. The fourth-order valence-corrected chi connectivity index (χ4v) is 3.81. The maximum absolute atomic E-state index is 9.28. The van der Waals surface area contributed by atoms with Crippen molar-refractivity contribution in [2.24, 2.45) is 0 Å². The number of anilines is 1. The minimum atomic E-state index is -1.83. The van der Waals surface area contributed by atoms with E-state index in [0.29, 0.717) is 17.9 Å². The van der Waals surface area contributed by atoms with Crippen molar-refractivity contribution in [2.75, 3.05) is 5.73 Å². The van der Waals surface area contributed by atoms with Gasteiger partial charge in [0.15, 0.2) is 14.0 Å². The van der Waals surface area contributed by atoms with Gasteiger partial charge in [0, 0.05) is 11.1 Å².